The van der Waals surface area contributed by atoms with Gasteiger partial charge in [0.1, 0.15) is 0 Å². The normalized spacial score (nSPS) is 29.0. The maximum Gasteiger partial charge on any atom is 0.220 e. The number of ether oxygens (including phenoxy) is 1. The third kappa shape index (κ3) is 4.43. The monoisotopic (exact) mass is 294 g/mol. The van der Waals surface area contributed by atoms with E-state index in [0.29, 0.717) is 18.3 Å². The molecule has 1 saturated carbocycles. The third-order valence-electron chi connectivity index (χ3n) is 5.58. The Kier molecular flexibility index (Phi) is 5.53. The summed E-state index contributed by atoms with van der Waals surface area (Å²) in [5.41, 5.74) is 0. The van der Waals surface area contributed by atoms with Crippen molar-refractivity contribution in [2.75, 3.05) is 32.8 Å². The molecule has 0 spiro atoms. The van der Waals surface area contributed by atoms with Crippen LogP contribution in [0.15, 0.2) is 0 Å². The topological polar surface area (TPSA) is 41.6 Å². The average Bonchev–Trinajstić information content (AvgIpc) is 3.19. The number of likely N-dealkylation sites (tertiary alicyclic amines) is 1. The Labute approximate surface area is 128 Å². The number of rotatable bonds is 5. The Hall–Kier alpha value is -0.610. The lowest BCUT2D eigenvalue weighted by molar-refractivity contribution is -0.122. The molecule has 3 aliphatic rings. The van der Waals surface area contributed by atoms with Crippen molar-refractivity contribution in [2.45, 2.75) is 57.4 Å². The third-order valence-corrected chi connectivity index (χ3v) is 5.58. The highest BCUT2D eigenvalue weighted by atomic mass is 16.5. The minimum Gasteiger partial charge on any atom is -0.381 e. The fourth-order valence-electron chi connectivity index (χ4n) is 4.13. The summed E-state index contributed by atoms with van der Waals surface area (Å²) in [5, 5.41) is 3.15. The Bertz CT molecular complexity index is 328. The fraction of sp³-hybridized carbons (Fsp3) is 0.941. The van der Waals surface area contributed by atoms with Crippen LogP contribution in [0.25, 0.3) is 0 Å². The molecule has 0 bridgehead atoms. The molecule has 21 heavy (non-hydrogen) atoms. The molecule has 0 aromatic carbocycles. The van der Waals surface area contributed by atoms with Crippen LogP contribution < -0.4 is 5.32 Å². The van der Waals surface area contributed by atoms with Crippen LogP contribution in [-0.4, -0.2) is 49.7 Å². The lowest BCUT2D eigenvalue weighted by Gasteiger charge is -2.36. The highest BCUT2D eigenvalue weighted by Gasteiger charge is 2.27. The van der Waals surface area contributed by atoms with E-state index in [-0.39, 0.29) is 5.91 Å². The molecule has 2 aliphatic heterocycles. The minimum atomic E-state index is 0.226. The van der Waals surface area contributed by atoms with Crippen molar-refractivity contribution in [3.05, 3.63) is 0 Å². The molecule has 1 aliphatic carbocycles. The van der Waals surface area contributed by atoms with Gasteiger partial charge in [0, 0.05) is 32.2 Å². The molecule has 0 unspecified atom stereocenters. The first-order valence-electron chi connectivity index (χ1n) is 8.90. The Balaban J connectivity index is 1.30. The Morgan fingerprint density at radius 2 is 1.81 bits per heavy atom. The van der Waals surface area contributed by atoms with Crippen LogP contribution in [0.3, 0.4) is 0 Å². The number of hydrogen-bond donors (Lipinski definition) is 1. The molecule has 2 saturated heterocycles. The first kappa shape index (κ1) is 15.3. The van der Waals surface area contributed by atoms with Gasteiger partial charge in [-0.05, 0) is 57.0 Å². The summed E-state index contributed by atoms with van der Waals surface area (Å²) in [5.74, 6) is 1.37. The van der Waals surface area contributed by atoms with Gasteiger partial charge in [0.05, 0.1) is 0 Å². The van der Waals surface area contributed by atoms with E-state index < -0.39 is 0 Å². The fourth-order valence-corrected chi connectivity index (χ4v) is 4.13. The second-order valence-corrected chi connectivity index (χ2v) is 7.16. The van der Waals surface area contributed by atoms with E-state index in [1.165, 1.54) is 51.6 Å². The second-order valence-electron chi connectivity index (χ2n) is 7.16. The Morgan fingerprint density at radius 1 is 1.05 bits per heavy atom. The predicted molar refractivity (Wildman–Crippen MR) is 83.1 cm³/mol. The largest absolute Gasteiger partial charge is 0.381 e. The first-order chi connectivity index (χ1) is 10.3. The minimum absolute atomic E-state index is 0.226. The average molecular weight is 294 g/mol. The highest BCUT2D eigenvalue weighted by molar-refractivity contribution is 5.76. The summed E-state index contributed by atoms with van der Waals surface area (Å²) in [6.07, 6.45) is 9.87. The number of nitrogens with zero attached hydrogens (tertiary/aromatic N) is 1. The van der Waals surface area contributed by atoms with E-state index in [1.54, 1.807) is 0 Å². The number of nitrogens with one attached hydrogen (secondary N) is 1. The predicted octanol–water partition coefficient (Wildman–Crippen LogP) is 2.18. The molecule has 0 radical (unpaired) electrons. The van der Waals surface area contributed by atoms with Crippen molar-refractivity contribution in [3.8, 4) is 0 Å². The van der Waals surface area contributed by atoms with Crippen LogP contribution in [0.1, 0.15) is 51.4 Å². The SMILES string of the molecule is O=C(C[C@@H]1CCOC1)NCC1CCN(C2CCCC2)CC1. The van der Waals surface area contributed by atoms with E-state index in [9.17, 15) is 4.79 Å². The summed E-state index contributed by atoms with van der Waals surface area (Å²) in [6.45, 7) is 4.96. The van der Waals surface area contributed by atoms with Gasteiger partial charge in [0.2, 0.25) is 5.91 Å². The van der Waals surface area contributed by atoms with Gasteiger partial charge in [0.15, 0.2) is 0 Å². The summed E-state index contributed by atoms with van der Waals surface area (Å²) in [6, 6.07) is 0.864. The maximum absolute atomic E-state index is 11.9. The van der Waals surface area contributed by atoms with Crippen LogP contribution in [0, 0.1) is 11.8 Å². The number of amides is 1. The Morgan fingerprint density at radius 3 is 2.48 bits per heavy atom. The van der Waals surface area contributed by atoms with E-state index in [0.717, 1.165) is 32.2 Å². The molecule has 0 aromatic heterocycles. The van der Waals surface area contributed by atoms with Crippen LogP contribution in [0.5, 0.6) is 0 Å². The standard InChI is InChI=1S/C17H30N2O2/c20-17(11-15-7-10-21-13-15)18-12-14-5-8-19(9-6-14)16-3-1-2-4-16/h14-16H,1-13H2,(H,18,20)/t15-/m0/s1. The molecule has 0 aromatic rings. The molecule has 4 nitrogen and oxygen atoms in total. The van der Waals surface area contributed by atoms with Crippen LogP contribution in [-0.2, 0) is 9.53 Å². The number of hydrogen-bond acceptors (Lipinski definition) is 3. The summed E-state index contributed by atoms with van der Waals surface area (Å²) in [4.78, 5) is 14.6. The highest BCUT2D eigenvalue weighted by Crippen LogP contribution is 2.27. The van der Waals surface area contributed by atoms with Crippen molar-refractivity contribution in [2.24, 2.45) is 11.8 Å². The molecule has 3 fully saturated rings. The van der Waals surface area contributed by atoms with Crippen LogP contribution in [0.2, 0.25) is 0 Å². The lowest BCUT2D eigenvalue weighted by Crippen LogP contribution is -2.42. The molecule has 3 rings (SSSR count). The van der Waals surface area contributed by atoms with Crippen molar-refractivity contribution in [3.63, 3.8) is 0 Å². The summed E-state index contributed by atoms with van der Waals surface area (Å²) >= 11 is 0. The van der Waals surface area contributed by atoms with E-state index in [1.807, 2.05) is 0 Å². The van der Waals surface area contributed by atoms with Gasteiger partial charge in [-0.1, -0.05) is 12.8 Å². The van der Waals surface area contributed by atoms with E-state index in [2.05, 4.69) is 10.2 Å². The van der Waals surface area contributed by atoms with Crippen LogP contribution in [0.4, 0.5) is 0 Å². The van der Waals surface area contributed by atoms with Gasteiger partial charge in [-0.2, -0.15) is 0 Å². The van der Waals surface area contributed by atoms with Crippen molar-refractivity contribution >= 4 is 5.91 Å². The number of carbonyl (C=O) groups excluding carboxylic acids is 1. The molecule has 1 atom stereocenters. The van der Waals surface area contributed by atoms with Crippen molar-refractivity contribution < 1.29 is 9.53 Å². The zero-order valence-corrected chi connectivity index (χ0v) is 13.2. The summed E-state index contributed by atoms with van der Waals surface area (Å²) in [7, 11) is 0. The number of carbonyl (C=O) groups is 1. The first-order valence-corrected chi connectivity index (χ1v) is 8.90. The molecular weight excluding hydrogens is 264 g/mol. The lowest BCUT2D eigenvalue weighted by atomic mass is 9.95. The van der Waals surface area contributed by atoms with Gasteiger partial charge in [-0.25, -0.2) is 0 Å². The van der Waals surface area contributed by atoms with Crippen molar-refractivity contribution in [1.82, 2.24) is 10.2 Å². The molecule has 1 amide bonds. The van der Waals surface area contributed by atoms with Gasteiger partial charge < -0.3 is 15.0 Å². The summed E-state index contributed by atoms with van der Waals surface area (Å²) < 4.78 is 5.33. The number of piperidine rings is 1. The molecule has 2 heterocycles. The maximum atomic E-state index is 11.9. The van der Waals surface area contributed by atoms with Gasteiger partial charge in [-0.3, -0.25) is 4.79 Å². The van der Waals surface area contributed by atoms with Gasteiger partial charge in [0.25, 0.3) is 0 Å². The van der Waals surface area contributed by atoms with Gasteiger partial charge >= 0.3 is 0 Å². The van der Waals surface area contributed by atoms with Crippen LogP contribution >= 0.6 is 0 Å². The smallest absolute Gasteiger partial charge is 0.220 e. The zero-order chi connectivity index (χ0) is 14.5. The molecule has 4 heteroatoms. The van der Waals surface area contributed by atoms with Crippen molar-refractivity contribution in [1.29, 1.82) is 0 Å². The second kappa shape index (κ2) is 7.59. The molecule has 120 valence electrons. The van der Waals surface area contributed by atoms with E-state index in [4.69, 9.17) is 4.74 Å². The molecular formula is C17H30N2O2. The zero-order valence-electron chi connectivity index (χ0n) is 13.2. The van der Waals surface area contributed by atoms with E-state index >= 15 is 0 Å². The quantitative estimate of drug-likeness (QED) is 0.845. The van der Waals surface area contributed by atoms with Gasteiger partial charge in [-0.15, -0.1) is 0 Å². The molecule has 1 N–H and O–H groups in total.